The lowest BCUT2D eigenvalue weighted by molar-refractivity contribution is 0.290. The van der Waals surface area contributed by atoms with Gasteiger partial charge in [-0.25, -0.2) is 4.39 Å². The van der Waals surface area contributed by atoms with Crippen LogP contribution in [0.4, 0.5) is 4.39 Å². The average molecular weight is 494 g/mol. The Hall–Kier alpha value is -4.13. The van der Waals surface area contributed by atoms with Crippen molar-refractivity contribution in [2.75, 3.05) is 0 Å². The largest absolute Gasteiger partial charge is 0.489 e. The molecule has 6 heteroatoms. The van der Waals surface area contributed by atoms with Crippen molar-refractivity contribution in [3.8, 4) is 11.5 Å². The zero-order chi connectivity index (χ0) is 26.0. The van der Waals surface area contributed by atoms with E-state index in [0.717, 1.165) is 33.2 Å². The van der Waals surface area contributed by atoms with Gasteiger partial charge in [0.25, 0.3) is 0 Å². The molecular weight excluding hydrogens is 466 g/mol. The Bertz CT molecular complexity index is 1430. The summed E-state index contributed by atoms with van der Waals surface area (Å²) in [6, 6.07) is 35.8. The second-order valence-corrected chi connectivity index (χ2v) is 8.62. The highest BCUT2D eigenvalue weighted by molar-refractivity contribution is 6.58. The lowest BCUT2D eigenvalue weighted by Crippen LogP contribution is -2.29. The highest BCUT2D eigenvalue weighted by atomic mass is 19.1. The monoisotopic (exact) mass is 494 g/mol. The Kier molecular flexibility index (Phi) is 8.92. The van der Waals surface area contributed by atoms with E-state index in [9.17, 15) is 14.4 Å². The third kappa shape index (κ3) is 7.68. The zero-order valence-corrected chi connectivity index (χ0v) is 20.6. The maximum absolute atomic E-state index is 13.4. The summed E-state index contributed by atoms with van der Waals surface area (Å²) in [6.07, 6.45) is 0. The smallest absolute Gasteiger partial charge is 0.488 e. The molecule has 2 N–H and O–H groups in total. The molecule has 5 aromatic rings. The highest BCUT2D eigenvalue weighted by Crippen LogP contribution is 2.21. The number of benzene rings is 5. The molecule has 0 atom stereocenters. The molecule has 0 heterocycles. The minimum absolute atomic E-state index is 0.300. The van der Waals surface area contributed by atoms with Gasteiger partial charge in [0.2, 0.25) is 0 Å². The molecule has 0 aromatic heterocycles. The summed E-state index contributed by atoms with van der Waals surface area (Å²) in [4.78, 5) is 0. The Morgan fingerprint density at radius 2 is 1.24 bits per heavy atom. The predicted molar refractivity (Wildman–Crippen MR) is 146 cm³/mol. The van der Waals surface area contributed by atoms with Crippen LogP contribution < -0.4 is 14.9 Å². The van der Waals surface area contributed by atoms with Crippen LogP contribution in [-0.4, -0.2) is 17.2 Å². The number of aryl methyl sites for hydroxylation is 1. The van der Waals surface area contributed by atoms with Crippen molar-refractivity contribution >= 4 is 23.4 Å². The van der Waals surface area contributed by atoms with E-state index >= 15 is 0 Å². The average Bonchev–Trinajstić information content (AvgIpc) is 2.92. The van der Waals surface area contributed by atoms with Crippen molar-refractivity contribution < 1.29 is 23.9 Å². The van der Waals surface area contributed by atoms with Gasteiger partial charge in [-0.3, -0.25) is 0 Å². The molecule has 0 aliphatic heterocycles. The number of hydrogen-bond acceptors (Lipinski definition) is 4. The second kappa shape index (κ2) is 12.7. The maximum atomic E-state index is 13.4. The van der Waals surface area contributed by atoms with E-state index in [1.165, 1.54) is 6.07 Å². The summed E-state index contributed by atoms with van der Waals surface area (Å²) in [7, 11) is -1.44. The number of ether oxygens (including phenoxy) is 2. The Morgan fingerprint density at radius 1 is 0.649 bits per heavy atom. The first-order valence-corrected chi connectivity index (χ1v) is 12.0. The number of fused-ring (bicyclic) bond motifs is 1. The van der Waals surface area contributed by atoms with Crippen LogP contribution in [0.15, 0.2) is 115 Å². The molecule has 0 aliphatic rings. The molecule has 0 amide bonds. The number of halogens is 1. The first kappa shape index (κ1) is 26.0. The van der Waals surface area contributed by atoms with E-state index in [1.807, 2.05) is 97.9 Å². The second-order valence-electron chi connectivity index (χ2n) is 8.62. The van der Waals surface area contributed by atoms with Crippen LogP contribution in [0, 0.1) is 12.7 Å². The minimum Gasteiger partial charge on any atom is -0.489 e. The van der Waals surface area contributed by atoms with Gasteiger partial charge in [-0.1, -0.05) is 91.0 Å². The van der Waals surface area contributed by atoms with Crippen molar-refractivity contribution in [3.63, 3.8) is 0 Å². The van der Waals surface area contributed by atoms with Gasteiger partial charge in [0, 0.05) is 0 Å². The summed E-state index contributed by atoms with van der Waals surface area (Å²) >= 11 is 0. The normalized spacial score (nSPS) is 10.4. The molecule has 5 rings (SSSR count). The van der Waals surface area contributed by atoms with Crippen molar-refractivity contribution in [2.24, 2.45) is 0 Å². The molecule has 0 saturated carbocycles. The SMILES string of the molecule is Cc1ccc(OCc2ccccc2)c(F)c1.OB(O)c1ccc2cc(OCc3ccccc3)ccc2c1. The minimum atomic E-state index is -1.44. The lowest BCUT2D eigenvalue weighted by Gasteiger charge is -2.08. The van der Waals surface area contributed by atoms with E-state index < -0.39 is 7.12 Å². The van der Waals surface area contributed by atoms with E-state index in [2.05, 4.69) is 0 Å². The molecule has 0 radical (unpaired) electrons. The summed E-state index contributed by atoms with van der Waals surface area (Å²) in [5.74, 6) is 0.786. The maximum Gasteiger partial charge on any atom is 0.488 e. The van der Waals surface area contributed by atoms with E-state index in [0.29, 0.717) is 24.4 Å². The Labute approximate surface area is 216 Å². The van der Waals surface area contributed by atoms with Gasteiger partial charge in [-0.05, 0) is 64.1 Å². The summed E-state index contributed by atoms with van der Waals surface area (Å²) in [5.41, 5.74) is 3.53. The lowest BCUT2D eigenvalue weighted by atomic mass is 9.79. The van der Waals surface area contributed by atoms with Gasteiger partial charge in [0.15, 0.2) is 11.6 Å². The molecule has 186 valence electrons. The van der Waals surface area contributed by atoms with Gasteiger partial charge >= 0.3 is 7.12 Å². The third-order valence-corrected chi connectivity index (χ3v) is 5.71. The van der Waals surface area contributed by atoms with Crippen LogP contribution in [0.25, 0.3) is 10.8 Å². The molecule has 0 unspecified atom stereocenters. The molecule has 0 aliphatic carbocycles. The molecule has 0 bridgehead atoms. The van der Waals surface area contributed by atoms with Gasteiger partial charge in [-0.15, -0.1) is 0 Å². The predicted octanol–water partition coefficient (Wildman–Crippen LogP) is 5.81. The van der Waals surface area contributed by atoms with Gasteiger partial charge in [-0.2, -0.15) is 0 Å². The van der Waals surface area contributed by atoms with Crippen molar-refractivity contribution in [2.45, 2.75) is 20.1 Å². The summed E-state index contributed by atoms with van der Waals surface area (Å²) in [6.45, 7) is 2.77. The van der Waals surface area contributed by atoms with E-state index in [4.69, 9.17) is 9.47 Å². The quantitative estimate of drug-likeness (QED) is 0.281. The van der Waals surface area contributed by atoms with Crippen LogP contribution >= 0.6 is 0 Å². The molecule has 0 saturated heterocycles. The molecule has 37 heavy (non-hydrogen) atoms. The standard InChI is InChI=1S/C17H15BO3.C14H13FO/c19-18(20)16-8-6-15-11-17(9-7-14(15)10-16)21-12-13-4-2-1-3-5-13;1-11-7-8-14(13(15)9-11)16-10-12-5-3-2-4-6-12/h1-11,19-20H,12H2;2-9H,10H2,1H3. The Balaban J connectivity index is 0.000000180. The third-order valence-electron chi connectivity index (χ3n) is 5.71. The summed E-state index contributed by atoms with van der Waals surface area (Å²) < 4.78 is 24.6. The molecule has 0 spiro atoms. The van der Waals surface area contributed by atoms with Gasteiger partial charge in [0.05, 0.1) is 0 Å². The Morgan fingerprint density at radius 3 is 1.86 bits per heavy atom. The number of rotatable bonds is 7. The van der Waals surface area contributed by atoms with Crippen LogP contribution in [0.3, 0.4) is 0 Å². The van der Waals surface area contributed by atoms with Crippen LogP contribution in [0.2, 0.25) is 0 Å². The highest BCUT2D eigenvalue weighted by Gasteiger charge is 2.11. The fourth-order valence-corrected chi connectivity index (χ4v) is 3.69. The van der Waals surface area contributed by atoms with Gasteiger partial charge < -0.3 is 19.5 Å². The van der Waals surface area contributed by atoms with Crippen molar-refractivity contribution in [1.29, 1.82) is 0 Å². The fraction of sp³-hybridized carbons (Fsp3) is 0.0968. The molecule has 5 aromatic carbocycles. The van der Waals surface area contributed by atoms with Crippen LogP contribution in [-0.2, 0) is 13.2 Å². The van der Waals surface area contributed by atoms with Crippen molar-refractivity contribution in [1.82, 2.24) is 0 Å². The van der Waals surface area contributed by atoms with Crippen LogP contribution in [0.5, 0.6) is 11.5 Å². The first-order chi connectivity index (χ1) is 18.0. The van der Waals surface area contributed by atoms with Gasteiger partial charge in [0.1, 0.15) is 19.0 Å². The van der Waals surface area contributed by atoms with E-state index in [-0.39, 0.29) is 5.82 Å². The molecule has 4 nitrogen and oxygen atoms in total. The molecule has 0 fully saturated rings. The van der Waals surface area contributed by atoms with Crippen molar-refractivity contribution in [3.05, 3.63) is 138 Å². The number of hydrogen-bond donors (Lipinski definition) is 2. The van der Waals surface area contributed by atoms with Crippen LogP contribution in [0.1, 0.15) is 16.7 Å². The molecular formula is C31H28BFO4. The first-order valence-electron chi connectivity index (χ1n) is 12.0. The summed E-state index contributed by atoms with van der Waals surface area (Å²) in [5, 5.41) is 20.3. The van der Waals surface area contributed by atoms with E-state index in [1.54, 1.807) is 18.2 Å². The zero-order valence-electron chi connectivity index (χ0n) is 20.6. The topological polar surface area (TPSA) is 58.9 Å². The fourth-order valence-electron chi connectivity index (χ4n) is 3.69.